The van der Waals surface area contributed by atoms with Gasteiger partial charge < -0.3 is 0 Å². The molecule has 0 saturated heterocycles. The smallest absolute Gasteiger partial charge is 0.212 e. The fourth-order valence-electron chi connectivity index (χ4n) is 1.60. The van der Waals surface area contributed by atoms with Crippen LogP contribution < -0.4 is 4.72 Å². The molecule has 96 valence electrons. The third-order valence-electron chi connectivity index (χ3n) is 2.40. The number of hydrogen-bond donors (Lipinski definition) is 1. The van der Waals surface area contributed by atoms with Gasteiger partial charge in [-0.1, -0.05) is 52.3 Å². The lowest BCUT2D eigenvalue weighted by atomic mass is 10.1. The quantitative estimate of drug-likeness (QED) is 0.846. The van der Waals surface area contributed by atoms with Crippen LogP contribution in [-0.2, 0) is 10.0 Å². The standard InChI is InChI=1S/C12H12BrNO2S2/c13-9-18(15,16)14-12(11-7-4-8-17-11)10-5-2-1-3-6-10/h1-8,12,14H,9H2. The summed E-state index contributed by atoms with van der Waals surface area (Å²) in [6, 6.07) is 13.1. The van der Waals surface area contributed by atoms with Crippen LogP contribution in [0.2, 0.25) is 0 Å². The Bertz CT molecular complexity index is 582. The second-order valence-corrected chi connectivity index (χ2v) is 7.74. The fraction of sp³-hybridized carbons (Fsp3) is 0.167. The van der Waals surface area contributed by atoms with Gasteiger partial charge in [0.25, 0.3) is 0 Å². The van der Waals surface area contributed by atoms with Crippen molar-refractivity contribution in [2.24, 2.45) is 0 Å². The molecule has 0 bridgehead atoms. The molecule has 1 aromatic heterocycles. The first kappa shape index (κ1) is 13.7. The minimum atomic E-state index is -3.32. The van der Waals surface area contributed by atoms with Gasteiger partial charge in [0.1, 0.15) is 4.66 Å². The molecule has 0 saturated carbocycles. The van der Waals surface area contributed by atoms with Gasteiger partial charge in [0, 0.05) is 4.88 Å². The van der Waals surface area contributed by atoms with E-state index in [4.69, 9.17) is 0 Å². The van der Waals surface area contributed by atoms with E-state index in [1.54, 1.807) is 0 Å². The van der Waals surface area contributed by atoms with Crippen molar-refractivity contribution in [3.63, 3.8) is 0 Å². The van der Waals surface area contributed by atoms with E-state index in [2.05, 4.69) is 20.7 Å². The van der Waals surface area contributed by atoms with Crippen LogP contribution in [0.1, 0.15) is 16.5 Å². The van der Waals surface area contributed by atoms with E-state index in [0.717, 1.165) is 10.4 Å². The van der Waals surface area contributed by atoms with Crippen LogP contribution in [0.15, 0.2) is 47.8 Å². The summed E-state index contributed by atoms with van der Waals surface area (Å²) in [5.74, 6) is 0. The van der Waals surface area contributed by atoms with Crippen LogP contribution in [0.3, 0.4) is 0 Å². The molecule has 18 heavy (non-hydrogen) atoms. The zero-order chi connectivity index (χ0) is 13.0. The van der Waals surface area contributed by atoms with Gasteiger partial charge in [0.05, 0.1) is 6.04 Å². The second-order valence-electron chi connectivity index (χ2n) is 3.70. The van der Waals surface area contributed by atoms with Gasteiger partial charge in [-0.15, -0.1) is 11.3 Å². The van der Waals surface area contributed by atoms with Crippen molar-refractivity contribution in [3.05, 3.63) is 58.3 Å². The van der Waals surface area contributed by atoms with Gasteiger partial charge in [0.15, 0.2) is 0 Å². The highest BCUT2D eigenvalue weighted by Gasteiger charge is 2.20. The molecule has 3 nitrogen and oxygen atoms in total. The van der Waals surface area contributed by atoms with Crippen LogP contribution in [-0.4, -0.2) is 13.1 Å². The van der Waals surface area contributed by atoms with E-state index in [0.29, 0.717) is 0 Å². The average Bonchev–Trinajstić information content (AvgIpc) is 2.91. The highest BCUT2D eigenvalue weighted by molar-refractivity contribution is 9.10. The monoisotopic (exact) mass is 345 g/mol. The Morgan fingerprint density at radius 1 is 1.17 bits per heavy atom. The molecule has 0 aliphatic carbocycles. The normalized spacial score (nSPS) is 13.4. The maximum Gasteiger partial charge on any atom is 0.222 e. The summed E-state index contributed by atoms with van der Waals surface area (Å²) in [7, 11) is -3.32. The average molecular weight is 346 g/mol. The first-order chi connectivity index (χ1) is 8.62. The Labute approximate surface area is 119 Å². The Balaban J connectivity index is 2.36. The molecule has 6 heteroatoms. The van der Waals surface area contributed by atoms with Crippen LogP contribution in [0, 0.1) is 0 Å². The first-order valence-corrected chi connectivity index (χ1v) is 8.92. The number of thiophene rings is 1. The molecule has 0 aliphatic heterocycles. The summed E-state index contributed by atoms with van der Waals surface area (Å²) < 4.78 is 26.0. The molecule has 1 aromatic carbocycles. The molecule has 0 amide bonds. The largest absolute Gasteiger partial charge is 0.222 e. The lowest BCUT2D eigenvalue weighted by molar-refractivity contribution is 0.578. The molecule has 1 unspecified atom stereocenters. The van der Waals surface area contributed by atoms with E-state index < -0.39 is 10.0 Å². The number of sulfonamides is 1. The summed E-state index contributed by atoms with van der Waals surface area (Å²) in [5.41, 5.74) is 0.935. The number of alkyl halides is 1. The molecule has 2 rings (SSSR count). The summed E-state index contributed by atoms with van der Waals surface area (Å²) in [4.78, 5) is 0.978. The highest BCUT2D eigenvalue weighted by Crippen LogP contribution is 2.26. The van der Waals surface area contributed by atoms with Crippen molar-refractivity contribution in [2.75, 3.05) is 4.66 Å². The van der Waals surface area contributed by atoms with Crippen LogP contribution >= 0.6 is 27.3 Å². The molecule has 1 atom stereocenters. The minimum absolute atomic E-state index is 0.102. The summed E-state index contributed by atoms with van der Waals surface area (Å²) in [6.07, 6.45) is 0. The molecular weight excluding hydrogens is 334 g/mol. The zero-order valence-corrected chi connectivity index (χ0v) is 12.6. The minimum Gasteiger partial charge on any atom is -0.212 e. The Morgan fingerprint density at radius 2 is 1.89 bits per heavy atom. The van der Waals surface area contributed by atoms with Gasteiger partial charge in [-0.25, -0.2) is 13.1 Å². The van der Waals surface area contributed by atoms with Crippen LogP contribution in [0.25, 0.3) is 0 Å². The Morgan fingerprint density at radius 3 is 2.44 bits per heavy atom. The van der Waals surface area contributed by atoms with Crippen molar-refractivity contribution in [3.8, 4) is 0 Å². The number of halogens is 1. The molecule has 0 fully saturated rings. The van der Waals surface area contributed by atoms with Crippen molar-refractivity contribution in [2.45, 2.75) is 6.04 Å². The maximum atomic E-state index is 11.7. The number of benzene rings is 1. The van der Waals surface area contributed by atoms with Crippen molar-refractivity contribution < 1.29 is 8.42 Å². The lowest BCUT2D eigenvalue weighted by Crippen LogP contribution is -2.29. The van der Waals surface area contributed by atoms with Gasteiger partial charge in [-0.3, -0.25) is 0 Å². The SMILES string of the molecule is O=S(=O)(CBr)NC(c1ccccc1)c1cccs1. The third kappa shape index (κ3) is 3.41. The maximum absolute atomic E-state index is 11.7. The van der Waals surface area contributed by atoms with E-state index in [1.807, 2.05) is 47.8 Å². The van der Waals surface area contributed by atoms with Gasteiger partial charge >= 0.3 is 0 Å². The van der Waals surface area contributed by atoms with E-state index in [-0.39, 0.29) is 10.7 Å². The van der Waals surface area contributed by atoms with E-state index in [9.17, 15) is 8.42 Å². The number of rotatable bonds is 5. The molecule has 0 radical (unpaired) electrons. The zero-order valence-electron chi connectivity index (χ0n) is 9.41. The van der Waals surface area contributed by atoms with Crippen molar-refractivity contribution in [1.82, 2.24) is 4.72 Å². The predicted molar refractivity (Wildman–Crippen MR) is 78.5 cm³/mol. The Hall–Kier alpha value is -0.690. The summed E-state index contributed by atoms with van der Waals surface area (Å²) >= 11 is 4.52. The Kier molecular flexibility index (Phi) is 4.55. The molecule has 1 heterocycles. The lowest BCUT2D eigenvalue weighted by Gasteiger charge is -2.17. The fourth-order valence-corrected chi connectivity index (χ4v) is 3.56. The third-order valence-corrected chi connectivity index (χ3v) is 6.03. The number of hydrogen-bond acceptors (Lipinski definition) is 3. The summed E-state index contributed by atoms with van der Waals surface area (Å²) in [6.45, 7) is 0. The van der Waals surface area contributed by atoms with Crippen LogP contribution in [0.4, 0.5) is 0 Å². The van der Waals surface area contributed by atoms with Crippen LogP contribution in [0.5, 0.6) is 0 Å². The molecule has 1 N–H and O–H groups in total. The predicted octanol–water partition coefficient (Wildman–Crippen LogP) is 3.11. The molecule has 0 aliphatic rings. The summed E-state index contributed by atoms with van der Waals surface area (Å²) in [5, 5.41) is 1.94. The molecule has 2 aromatic rings. The van der Waals surface area contributed by atoms with E-state index in [1.165, 1.54) is 11.3 Å². The second kappa shape index (κ2) is 5.97. The van der Waals surface area contributed by atoms with Gasteiger partial charge in [0.2, 0.25) is 10.0 Å². The van der Waals surface area contributed by atoms with E-state index >= 15 is 0 Å². The van der Waals surface area contributed by atoms with Crippen molar-refractivity contribution in [1.29, 1.82) is 0 Å². The topological polar surface area (TPSA) is 46.2 Å². The van der Waals surface area contributed by atoms with Gasteiger partial charge in [-0.2, -0.15) is 0 Å². The molecular formula is C12H12BrNO2S2. The first-order valence-electron chi connectivity index (χ1n) is 5.27. The van der Waals surface area contributed by atoms with Gasteiger partial charge in [-0.05, 0) is 17.0 Å². The van der Waals surface area contributed by atoms with Crippen molar-refractivity contribution >= 4 is 37.3 Å². The molecule has 0 spiro atoms. The highest BCUT2D eigenvalue weighted by atomic mass is 79.9. The number of nitrogens with one attached hydrogen (secondary N) is 1.